The summed E-state index contributed by atoms with van der Waals surface area (Å²) in [7, 11) is 0. The van der Waals surface area contributed by atoms with Gasteiger partial charge in [-0.05, 0) is 63.1 Å². The topological polar surface area (TPSA) is 62.2 Å². The predicted octanol–water partition coefficient (Wildman–Crippen LogP) is 10.1. The number of nitrogens with one attached hydrogen (secondary N) is 1. The summed E-state index contributed by atoms with van der Waals surface area (Å²) < 4.78 is 0. The van der Waals surface area contributed by atoms with Crippen LogP contribution in [0.1, 0.15) is 41.7 Å². The zero-order valence-corrected chi connectivity index (χ0v) is 26.0. The Morgan fingerprint density at radius 2 is 1.04 bits per heavy atom. The van der Waals surface area contributed by atoms with E-state index in [9.17, 15) is 0 Å². The van der Waals surface area contributed by atoms with E-state index < -0.39 is 0 Å². The molecule has 0 spiro atoms. The van der Waals surface area contributed by atoms with Crippen LogP contribution in [0.25, 0.3) is 33.4 Å². The van der Waals surface area contributed by atoms with E-state index in [2.05, 4.69) is 117 Å². The van der Waals surface area contributed by atoms with Gasteiger partial charge in [0.25, 0.3) is 0 Å². The zero-order chi connectivity index (χ0) is 31.4. The minimum Gasteiger partial charge on any atom is -0.383 e. The Balaban J connectivity index is 0.000000180. The molecule has 0 saturated heterocycles. The van der Waals surface area contributed by atoms with E-state index in [0.29, 0.717) is 5.84 Å². The van der Waals surface area contributed by atoms with Gasteiger partial charge in [-0.15, -0.1) is 0 Å². The van der Waals surface area contributed by atoms with Gasteiger partial charge in [-0.1, -0.05) is 159 Å². The minimum atomic E-state index is 0.0447. The van der Waals surface area contributed by atoms with Crippen molar-refractivity contribution < 1.29 is 0 Å². The molecule has 0 saturated carbocycles. The van der Waals surface area contributed by atoms with Crippen LogP contribution in [0.5, 0.6) is 0 Å². The molecule has 0 fully saturated rings. The molecule has 1 aliphatic carbocycles. The molecule has 3 nitrogen and oxygen atoms in total. The summed E-state index contributed by atoms with van der Waals surface area (Å²) in [6, 6.07) is 52.1. The molecule has 0 bridgehead atoms. The highest BCUT2D eigenvalue weighted by Crippen LogP contribution is 2.49. The van der Waals surface area contributed by atoms with Gasteiger partial charge in [-0.3, -0.25) is 5.41 Å². The standard InChI is InChI=1S/C28H24.C14H13N3/c1-19-8-4-5-9-23(19)21-14-12-20(13-15-21)22-16-17-25-24-10-6-7-11-26(24)28(2,3)27(25)18-22;15-13(11-7-3-1-4-8-11)17-14(16)12-9-5-2-6-10-12/h4-18H,1-3H3;1-10H,(H3,15,16,17). The van der Waals surface area contributed by atoms with E-state index in [-0.39, 0.29) is 11.3 Å². The fourth-order valence-corrected chi connectivity index (χ4v) is 6.08. The van der Waals surface area contributed by atoms with Crippen LogP contribution in [0.3, 0.4) is 0 Å². The second kappa shape index (κ2) is 12.6. The van der Waals surface area contributed by atoms with E-state index in [4.69, 9.17) is 11.1 Å². The highest BCUT2D eigenvalue weighted by molar-refractivity contribution is 6.09. The smallest absolute Gasteiger partial charge is 0.154 e. The minimum absolute atomic E-state index is 0.0447. The van der Waals surface area contributed by atoms with Crippen molar-refractivity contribution >= 4 is 11.7 Å². The van der Waals surface area contributed by atoms with Crippen LogP contribution < -0.4 is 5.73 Å². The van der Waals surface area contributed by atoms with E-state index in [0.717, 1.165) is 11.1 Å². The van der Waals surface area contributed by atoms with Gasteiger partial charge in [-0.2, -0.15) is 0 Å². The number of rotatable bonds is 4. The second-order valence-electron chi connectivity index (χ2n) is 11.9. The molecule has 0 amide bonds. The molecule has 0 unspecified atom stereocenters. The molecule has 7 rings (SSSR count). The van der Waals surface area contributed by atoms with Crippen molar-refractivity contribution in [1.29, 1.82) is 5.41 Å². The fourth-order valence-electron chi connectivity index (χ4n) is 6.08. The van der Waals surface area contributed by atoms with Crippen molar-refractivity contribution in [2.45, 2.75) is 26.2 Å². The molecule has 0 atom stereocenters. The average molecular weight is 584 g/mol. The van der Waals surface area contributed by atoms with Gasteiger partial charge in [0.15, 0.2) is 5.84 Å². The predicted molar refractivity (Wildman–Crippen MR) is 190 cm³/mol. The summed E-state index contributed by atoms with van der Waals surface area (Å²) in [5.74, 6) is 0.534. The van der Waals surface area contributed by atoms with Crippen molar-refractivity contribution in [1.82, 2.24) is 0 Å². The summed E-state index contributed by atoms with van der Waals surface area (Å²) in [6.07, 6.45) is 0. The maximum absolute atomic E-state index is 7.84. The normalized spacial score (nSPS) is 12.8. The van der Waals surface area contributed by atoms with E-state index >= 15 is 0 Å². The van der Waals surface area contributed by atoms with Crippen LogP contribution in [0, 0.1) is 12.3 Å². The summed E-state index contributed by atoms with van der Waals surface area (Å²) >= 11 is 0. The number of fused-ring (bicyclic) bond motifs is 3. The Morgan fingerprint density at radius 1 is 0.533 bits per heavy atom. The van der Waals surface area contributed by atoms with Crippen LogP contribution >= 0.6 is 0 Å². The molecule has 0 aromatic heterocycles. The number of nitrogens with zero attached hydrogens (tertiary/aromatic N) is 1. The molecular formula is C42H37N3. The van der Waals surface area contributed by atoms with Crippen LogP contribution in [-0.2, 0) is 5.41 Å². The number of hydrogen-bond acceptors (Lipinski definition) is 1. The van der Waals surface area contributed by atoms with Gasteiger partial charge in [-0.25, -0.2) is 4.99 Å². The van der Waals surface area contributed by atoms with Crippen LogP contribution in [0.2, 0.25) is 0 Å². The van der Waals surface area contributed by atoms with Gasteiger partial charge >= 0.3 is 0 Å². The Kier molecular flexibility index (Phi) is 8.26. The quantitative estimate of drug-likeness (QED) is 0.157. The molecule has 1 aliphatic rings. The Morgan fingerprint density at radius 3 is 1.71 bits per heavy atom. The van der Waals surface area contributed by atoms with Crippen molar-refractivity contribution in [3.05, 3.63) is 179 Å². The van der Waals surface area contributed by atoms with E-state index in [1.54, 1.807) is 0 Å². The second-order valence-corrected chi connectivity index (χ2v) is 11.9. The summed E-state index contributed by atoms with van der Waals surface area (Å²) in [6.45, 7) is 6.84. The first-order chi connectivity index (χ1) is 21.8. The first-order valence-corrected chi connectivity index (χ1v) is 15.3. The van der Waals surface area contributed by atoms with Crippen LogP contribution in [0.15, 0.2) is 157 Å². The highest BCUT2D eigenvalue weighted by Gasteiger charge is 2.35. The number of benzene rings is 6. The lowest BCUT2D eigenvalue weighted by atomic mass is 9.81. The summed E-state index contributed by atoms with van der Waals surface area (Å²) in [5, 5.41) is 7.84. The van der Waals surface area contributed by atoms with Crippen molar-refractivity contribution in [3.63, 3.8) is 0 Å². The van der Waals surface area contributed by atoms with Gasteiger partial charge in [0.2, 0.25) is 0 Å². The van der Waals surface area contributed by atoms with Gasteiger partial charge in [0, 0.05) is 16.5 Å². The molecule has 0 radical (unpaired) electrons. The summed E-state index contributed by atoms with van der Waals surface area (Å²) in [5.41, 5.74) is 19.5. The van der Waals surface area contributed by atoms with Crippen molar-refractivity contribution in [2.24, 2.45) is 10.7 Å². The number of aryl methyl sites for hydroxylation is 1. The van der Waals surface area contributed by atoms with Crippen LogP contribution in [-0.4, -0.2) is 11.7 Å². The Bertz CT molecular complexity index is 1990. The molecule has 3 heteroatoms. The first-order valence-electron chi connectivity index (χ1n) is 15.3. The lowest BCUT2D eigenvalue weighted by Gasteiger charge is -2.22. The Hall–Kier alpha value is -5.54. The van der Waals surface area contributed by atoms with Gasteiger partial charge in [0.1, 0.15) is 5.84 Å². The lowest BCUT2D eigenvalue weighted by Crippen LogP contribution is -2.15. The highest BCUT2D eigenvalue weighted by atomic mass is 14.9. The van der Waals surface area contributed by atoms with E-state index in [1.807, 2.05) is 60.7 Å². The first kappa shape index (κ1) is 29.5. The third-order valence-corrected chi connectivity index (χ3v) is 8.61. The largest absolute Gasteiger partial charge is 0.383 e. The molecular weight excluding hydrogens is 546 g/mol. The Labute approximate surface area is 266 Å². The lowest BCUT2D eigenvalue weighted by molar-refractivity contribution is 0.660. The number of aliphatic imine (C=N–C) groups is 1. The van der Waals surface area contributed by atoms with Crippen molar-refractivity contribution in [2.75, 3.05) is 0 Å². The average Bonchev–Trinajstić information content (AvgIpc) is 3.32. The third kappa shape index (κ3) is 6.11. The van der Waals surface area contributed by atoms with Gasteiger partial charge in [0.05, 0.1) is 0 Å². The monoisotopic (exact) mass is 583 g/mol. The molecule has 6 aromatic rings. The molecule has 220 valence electrons. The number of amidine groups is 2. The number of hydrogen-bond donors (Lipinski definition) is 2. The molecule has 0 heterocycles. The fraction of sp³-hybridized carbons (Fsp3) is 0.0952. The molecule has 3 N–H and O–H groups in total. The van der Waals surface area contributed by atoms with E-state index in [1.165, 1.54) is 50.1 Å². The molecule has 0 aliphatic heterocycles. The maximum atomic E-state index is 7.84. The van der Waals surface area contributed by atoms with Gasteiger partial charge < -0.3 is 5.73 Å². The maximum Gasteiger partial charge on any atom is 0.154 e. The third-order valence-electron chi connectivity index (χ3n) is 8.61. The zero-order valence-electron chi connectivity index (χ0n) is 26.0. The molecule has 45 heavy (non-hydrogen) atoms. The van der Waals surface area contributed by atoms with Crippen molar-refractivity contribution in [3.8, 4) is 33.4 Å². The number of nitrogens with two attached hydrogens (primary N) is 1. The molecule has 6 aromatic carbocycles. The summed E-state index contributed by atoms with van der Waals surface area (Å²) in [4.78, 5) is 4.10. The SMILES string of the molecule is Cc1ccccc1-c1ccc(-c2ccc3c(c2)C(C)(C)c2ccccc2-3)cc1.N=C(N=C(N)c1ccccc1)c1ccccc1. The van der Waals surface area contributed by atoms with Crippen LogP contribution in [0.4, 0.5) is 0 Å².